The Bertz CT molecular complexity index is 1310. The molecular weight excluding hydrogens is 539 g/mol. The van der Waals surface area contributed by atoms with E-state index in [1.165, 1.54) is 17.8 Å². The number of anilines is 1. The van der Waals surface area contributed by atoms with Crippen LogP contribution in [0.5, 0.6) is 0 Å². The number of nitrogens with zero attached hydrogens (tertiary/aromatic N) is 4. The molecule has 2 N–H and O–H groups in total. The zero-order chi connectivity index (χ0) is 26.4. The molecule has 0 unspecified atom stereocenters. The molecule has 2 aromatic carbocycles. The Kier molecular flexibility index (Phi) is 9.04. The van der Waals surface area contributed by atoms with Gasteiger partial charge in [0.15, 0.2) is 11.0 Å². The average molecular weight is 563 g/mol. The van der Waals surface area contributed by atoms with E-state index in [4.69, 9.17) is 27.9 Å². The number of halogens is 2. The van der Waals surface area contributed by atoms with Gasteiger partial charge in [0.2, 0.25) is 5.91 Å². The van der Waals surface area contributed by atoms with E-state index >= 15 is 0 Å². The lowest BCUT2D eigenvalue weighted by Crippen LogP contribution is -2.40. The molecule has 4 rings (SSSR count). The number of nitrogens with one attached hydrogen (secondary N) is 2. The molecule has 1 aliphatic heterocycles. The van der Waals surface area contributed by atoms with Crippen molar-refractivity contribution in [2.24, 2.45) is 7.05 Å². The van der Waals surface area contributed by atoms with Crippen LogP contribution in [0.15, 0.2) is 47.6 Å². The smallest absolute Gasteiger partial charge is 0.254 e. The van der Waals surface area contributed by atoms with Crippen molar-refractivity contribution in [1.29, 1.82) is 0 Å². The summed E-state index contributed by atoms with van der Waals surface area (Å²) in [5, 5.41) is 15.0. The third-order valence-corrected chi connectivity index (χ3v) is 7.10. The number of morpholine rings is 1. The SMILES string of the molecule is Cn1c(CNC(=O)c2ccc(Cl)cc2Cl)nnc1SCC(=O)Nc1cccc(C(=O)N2CCOCC2)c1. The van der Waals surface area contributed by atoms with Gasteiger partial charge in [-0.25, -0.2) is 0 Å². The Morgan fingerprint density at radius 2 is 1.86 bits per heavy atom. The summed E-state index contributed by atoms with van der Waals surface area (Å²) in [5.74, 6) is -0.120. The summed E-state index contributed by atoms with van der Waals surface area (Å²) in [7, 11) is 1.75. The molecule has 1 fully saturated rings. The monoisotopic (exact) mass is 562 g/mol. The highest BCUT2D eigenvalue weighted by molar-refractivity contribution is 7.99. The minimum absolute atomic E-state index is 0.0837. The maximum atomic E-state index is 12.7. The van der Waals surface area contributed by atoms with Crippen LogP contribution in [-0.2, 0) is 23.1 Å². The highest BCUT2D eigenvalue weighted by atomic mass is 35.5. The molecule has 10 nitrogen and oxygen atoms in total. The molecule has 0 spiro atoms. The number of amides is 3. The molecule has 3 amide bonds. The number of ether oxygens (including phenoxy) is 1. The predicted octanol–water partition coefficient (Wildman–Crippen LogP) is 3.26. The minimum atomic E-state index is -0.368. The first kappa shape index (κ1) is 26.9. The summed E-state index contributed by atoms with van der Waals surface area (Å²) in [6.45, 7) is 2.26. The van der Waals surface area contributed by atoms with Gasteiger partial charge in [-0.15, -0.1) is 10.2 Å². The lowest BCUT2D eigenvalue weighted by molar-refractivity contribution is -0.113. The van der Waals surface area contributed by atoms with E-state index in [1.807, 2.05) is 0 Å². The molecule has 0 atom stereocenters. The number of hydrogen-bond donors (Lipinski definition) is 2. The summed E-state index contributed by atoms with van der Waals surface area (Å²) in [6, 6.07) is 11.5. The maximum absolute atomic E-state index is 12.7. The number of hydrogen-bond acceptors (Lipinski definition) is 7. The largest absolute Gasteiger partial charge is 0.378 e. The van der Waals surface area contributed by atoms with Gasteiger partial charge >= 0.3 is 0 Å². The van der Waals surface area contributed by atoms with Crippen LogP contribution < -0.4 is 10.6 Å². The van der Waals surface area contributed by atoms with Crippen LogP contribution >= 0.6 is 35.0 Å². The number of carbonyl (C=O) groups is 3. The molecule has 0 aliphatic carbocycles. The van der Waals surface area contributed by atoms with Crippen LogP contribution in [0.3, 0.4) is 0 Å². The Hall–Kier alpha value is -3.12. The average Bonchev–Trinajstić information content (AvgIpc) is 3.25. The molecule has 1 aliphatic rings. The lowest BCUT2D eigenvalue weighted by atomic mass is 10.1. The van der Waals surface area contributed by atoms with Crippen LogP contribution in [0, 0.1) is 0 Å². The number of thioether (sulfide) groups is 1. The topological polar surface area (TPSA) is 118 Å². The van der Waals surface area contributed by atoms with Crippen LogP contribution in [0.2, 0.25) is 10.0 Å². The first-order valence-electron chi connectivity index (χ1n) is 11.3. The van der Waals surface area contributed by atoms with E-state index in [9.17, 15) is 14.4 Å². The fraction of sp³-hybridized carbons (Fsp3) is 0.292. The van der Waals surface area contributed by atoms with E-state index in [0.717, 1.165) is 0 Å². The van der Waals surface area contributed by atoms with Crippen molar-refractivity contribution in [3.8, 4) is 0 Å². The van der Waals surface area contributed by atoms with E-state index in [1.54, 1.807) is 52.9 Å². The molecular formula is C24H24Cl2N6O4S. The number of carbonyl (C=O) groups excluding carboxylic acids is 3. The lowest BCUT2D eigenvalue weighted by Gasteiger charge is -2.27. The van der Waals surface area contributed by atoms with Gasteiger partial charge in [-0.05, 0) is 36.4 Å². The number of rotatable bonds is 8. The third kappa shape index (κ3) is 7.01. The number of benzene rings is 2. The molecule has 37 heavy (non-hydrogen) atoms. The van der Waals surface area contributed by atoms with Crippen molar-refractivity contribution in [3.05, 3.63) is 69.5 Å². The number of aromatic nitrogens is 3. The van der Waals surface area contributed by atoms with Crippen molar-refractivity contribution < 1.29 is 19.1 Å². The maximum Gasteiger partial charge on any atom is 0.254 e. The van der Waals surface area contributed by atoms with Gasteiger partial charge in [0.25, 0.3) is 11.8 Å². The van der Waals surface area contributed by atoms with Crippen LogP contribution in [-0.4, -0.2) is 69.4 Å². The van der Waals surface area contributed by atoms with Crippen molar-refractivity contribution in [3.63, 3.8) is 0 Å². The van der Waals surface area contributed by atoms with Gasteiger partial charge in [0.05, 0.1) is 36.1 Å². The molecule has 0 radical (unpaired) electrons. The highest BCUT2D eigenvalue weighted by Crippen LogP contribution is 2.21. The van der Waals surface area contributed by atoms with E-state index < -0.39 is 0 Å². The minimum Gasteiger partial charge on any atom is -0.378 e. The van der Waals surface area contributed by atoms with Gasteiger partial charge in [-0.2, -0.15) is 0 Å². The molecule has 2 heterocycles. The van der Waals surface area contributed by atoms with Crippen LogP contribution in [0.4, 0.5) is 5.69 Å². The molecule has 13 heteroatoms. The first-order valence-corrected chi connectivity index (χ1v) is 13.1. The molecule has 0 saturated carbocycles. The van der Waals surface area contributed by atoms with E-state index in [-0.39, 0.29) is 35.0 Å². The molecule has 1 saturated heterocycles. The quantitative estimate of drug-likeness (QED) is 0.404. The summed E-state index contributed by atoms with van der Waals surface area (Å²) < 4.78 is 6.99. The van der Waals surface area contributed by atoms with Crippen LogP contribution in [0.1, 0.15) is 26.5 Å². The van der Waals surface area contributed by atoms with Crippen molar-refractivity contribution in [2.75, 3.05) is 37.4 Å². The Morgan fingerprint density at radius 1 is 1.08 bits per heavy atom. The van der Waals surface area contributed by atoms with Gasteiger partial charge < -0.3 is 24.8 Å². The summed E-state index contributed by atoms with van der Waals surface area (Å²) >= 11 is 13.2. The second-order valence-corrected chi connectivity index (χ2v) is 9.87. The molecule has 0 bridgehead atoms. The molecule has 3 aromatic rings. The van der Waals surface area contributed by atoms with E-state index in [0.29, 0.717) is 59.1 Å². The van der Waals surface area contributed by atoms with Crippen molar-refractivity contribution >= 4 is 58.4 Å². The normalized spacial score (nSPS) is 13.3. The summed E-state index contributed by atoms with van der Waals surface area (Å²) in [4.78, 5) is 39.4. The Morgan fingerprint density at radius 3 is 2.62 bits per heavy atom. The van der Waals surface area contributed by atoms with Crippen LogP contribution in [0.25, 0.3) is 0 Å². The Balaban J connectivity index is 1.29. The van der Waals surface area contributed by atoms with Crippen molar-refractivity contribution in [1.82, 2.24) is 25.0 Å². The molecule has 1 aromatic heterocycles. The van der Waals surface area contributed by atoms with Gasteiger partial charge in [0, 0.05) is 36.4 Å². The second kappa shape index (κ2) is 12.4. The molecule has 194 valence electrons. The fourth-order valence-corrected chi connectivity index (χ4v) is 4.78. The van der Waals surface area contributed by atoms with Crippen molar-refractivity contribution in [2.45, 2.75) is 11.7 Å². The Labute approximate surface area is 227 Å². The fourth-order valence-electron chi connectivity index (χ4n) is 3.56. The summed E-state index contributed by atoms with van der Waals surface area (Å²) in [5.41, 5.74) is 1.34. The first-order chi connectivity index (χ1) is 17.8. The standard InChI is InChI=1S/C24H24Cl2N6O4S/c1-31-20(13-27-22(34)18-6-5-16(25)12-19(18)26)29-30-24(31)37-14-21(33)28-17-4-2-3-15(11-17)23(35)32-7-9-36-10-8-32/h2-6,11-12H,7-10,13-14H2,1H3,(H,27,34)(H,28,33). The summed E-state index contributed by atoms with van der Waals surface area (Å²) in [6.07, 6.45) is 0. The second-order valence-electron chi connectivity index (χ2n) is 8.09. The zero-order valence-corrected chi connectivity index (χ0v) is 22.2. The van der Waals surface area contributed by atoms with Gasteiger partial charge in [0.1, 0.15) is 0 Å². The zero-order valence-electron chi connectivity index (χ0n) is 19.9. The van der Waals surface area contributed by atoms with Gasteiger partial charge in [-0.3, -0.25) is 14.4 Å². The van der Waals surface area contributed by atoms with Gasteiger partial charge in [-0.1, -0.05) is 41.0 Å². The predicted molar refractivity (Wildman–Crippen MR) is 141 cm³/mol. The van der Waals surface area contributed by atoms with E-state index in [2.05, 4.69) is 20.8 Å². The highest BCUT2D eigenvalue weighted by Gasteiger charge is 2.19. The third-order valence-electron chi connectivity index (χ3n) is 5.53.